The van der Waals surface area contributed by atoms with Crippen LogP contribution in [-0.2, 0) is 24.3 Å². The number of rotatable bonds is 6. The van der Waals surface area contributed by atoms with Crippen LogP contribution in [-0.4, -0.2) is 49.8 Å². The van der Waals surface area contributed by atoms with Crippen molar-refractivity contribution in [3.8, 4) is 0 Å². The zero-order chi connectivity index (χ0) is 14.9. The molecule has 0 aromatic carbocycles. The highest BCUT2D eigenvalue weighted by Gasteiger charge is 2.61. The summed E-state index contributed by atoms with van der Waals surface area (Å²) in [5, 5.41) is -5.76. The first-order chi connectivity index (χ1) is 8.47. The SMILES string of the molecule is O=C1OCC(OCCC(F)(F)C(F)(F)S(=O)(=O)[O-])O1. The van der Waals surface area contributed by atoms with E-state index < -0.39 is 53.4 Å². The molecule has 1 heterocycles. The fourth-order valence-corrected chi connectivity index (χ4v) is 1.51. The Morgan fingerprint density at radius 2 is 1.95 bits per heavy atom. The lowest BCUT2D eigenvalue weighted by atomic mass is 10.2. The van der Waals surface area contributed by atoms with Gasteiger partial charge in [-0.1, -0.05) is 0 Å². The molecule has 19 heavy (non-hydrogen) atoms. The topological polar surface area (TPSA) is 102 Å². The van der Waals surface area contributed by atoms with Gasteiger partial charge in [0.15, 0.2) is 16.7 Å². The van der Waals surface area contributed by atoms with Crippen LogP contribution in [0.4, 0.5) is 22.4 Å². The van der Waals surface area contributed by atoms with Gasteiger partial charge in [0.1, 0.15) is 0 Å². The molecule has 0 radical (unpaired) electrons. The van der Waals surface area contributed by atoms with E-state index in [4.69, 9.17) is 0 Å². The molecule has 0 N–H and O–H groups in total. The van der Waals surface area contributed by atoms with Crippen LogP contribution in [0.15, 0.2) is 0 Å². The molecule has 1 fully saturated rings. The molecule has 1 saturated heterocycles. The van der Waals surface area contributed by atoms with Gasteiger partial charge < -0.3 is 18.8 Å². The number of ether oxygens (including phenoxy) is 3. The summed E-state index contributed by atoms with van der Waals surface area (Å²) >= 11 is 0. The zero-order valence-electron chi connectivity index (χ0n) is 8.98. The van der Waals surface area contributed by atoms with Crippen LogP contribution >= 0.6 is 0 Å². The molecule has 12 heteroatoms. The Bertz CT molecular complexity index is 448. The van der Waals surface area contributed by atoms with Crippen molar-refractivity contribution in [2.75, 3.05) is 13.2 Å². The van der Waals surface area contributed by atoms with Crippen LogP contribution in [0.25, 0.3) is 0 Å². The smallest absolute Gasteiger partial charge is 0.510 e. The maximum Gasteiger partial charge on any atom is 0.510 e. The van der Waals surface area contributed by atoms with E-state index in [1.807, 2.05) is 0 Å². The Labute approximate surface area is 104 Å². The standard InChI is InChI=1S/C7H8F4O7S/c8-6(9,7(10,11)19(13,14)15)1-2-16-4-3-17-5(12)18-4/h4H,1-3H2,(H,13,14,15)/p-1. The molecule has 1 unspecified atom stereocenters. The monoisotopic (exact) mass is 311 g/mol. The van der Waals surface area contributed by atoms with Gasteiger partial charge in [-0.3, -0.25) is 0 Å². The number of hydrogen-bond donors (Lipinski definition) is 0. The fourth-order valence-electron chi connectivity index (χ4n) is 1.04. The van der Waals surface area contributed by atoms with Crippen LogP contribution in [0.3, 0.4) is 0 Å². The highest BCUT2D eigenvalue weighted by atomic mass is 32.2. The fraction of sp³-hybridized carbons (Fsp3) is 0.857. The minimum absolute atomic E-state index is 0.416. The molecular formula is C7H7F4O7S-. The molecule has 0 saturated carbocycles. The number of hydrogen-bond acceptors (Lipinski definition) is 7. The average molecular weight is 311 g/mol. The van der Waals surface area contributed by atoms with E-state index in [0.29, 0.717) is 0 Å². The van der Waals surface area contributed by atoms with Gasteiger partial charge >= 0.3 is 17.3 Å². The summed E-state index contributed by atoms with van der Waals surface area (Å²) in [6.45, 7) is -1.49. The number of carbonyl (C=O) groups excluding carboxylic acids is 1. The molecule has 7 nitrogen and oxygen atoms in total. The second kappa shape index (κ2) is 5.09. The molecule has 1 atom stereocenters. The van der Waals surface area contributed by atoms with Gasteiger partial charge in [-0.05, 0) is 0 Å². The van der Waals surface area contributed by atoms with Crippen molar-refractivity contribution < 1.29 is 49.5 Å². The molecule has 0 bridgehead atoms. The van der Waals surface area contributed by atoms with Crippen molar-refractivity contribution in [1.29, 1.82) is 0 Å². The van der Waals surface area contributed by atoms with Crippen molar-refractivity contribution in [1.82, 2.24) is 0 Å². The summed E-state index contributed by atoms with van der Waals surface area (Å²) in [4.78, 5) is 10.4. The maximum atomic E-state index is 12.9. The van der Waals surface area contributed by atoms with Crippen molar-refractivity contribution in [2.45, 2.75) is 23.9 Å². The Balaban J connectivity index is 2.53. The minimum atomic E-state index is -6.52. The molecule has 0 aliphatic carbocycles. The predicted octanol–water partition coefficient (Wildman–Crippen LogP) is 0.659. The van der Waals surface area contributed by atoms with Gasteiger partial charge in [-0.25, -0.2) is 13.2 Å². The minimum Gasteiger partial charge on any atom is -0.743 e. The third-order valence-electron chi connectivity index (χ3n) is 2.02. The highest BCUT2D eigenvalue weighted by molar-refractivity contribution is 7.86. The predicted molar refractivity (Wildman–Crippen MR) is 46.4 cm³/mol. The molecular weight excluding hydrogens is 304 g/mol. The number of cyclic esters (lactones) is 2. The van der Waals surface area contributed by atoms with Crippen molar-refractivity contribution in [3.05, 3.63) is 0 Å². The average Bonchev–Trinajstić information content (AvgIpc) is 2.62. The Morgan fingerprint density at radius 1 is 1.37 bits per heavy atom. The second-order valence-electron chi connectivity index (χ2n) is 3.40. The van der Waals surface area contributed by atoms with Gasteiger partial charge in [0, 0.05) is 6.42 Å². The first kappa shape index (κ1) is 15.9. The molecule has 0 aromatic heterocycles. The van der Waals surface area contributed by atoms with E-state index in [1.54, 1.807) is 0 Å². The molecule has 0 aromatic rings. The van der Waals surface area contributed by atoms with Gasteiger partial charge in [0.2, 0.25) is 6.29 Å². The molecule has 0 spiro atoms. The summed E-state index contributed by atoms with van der Waals surface area (Å²) in [5.41, 5.74) is 0. The van der Waals surface area contributed by atoms with Crippen LogP contribution < -0.4 is 0 Å². The third-order valence-corrected chi connectivity index (χ3v) is 2.95. The Kier molecular flexibility index (Phi) is 4.27. The number of alkyl halides is 4. The highest BCUT2D eigenvalue weighted by Crippen LogP contribution is 2.40. The first-order valence-electron chi connectivity index (χ1n) is 4.63. The van der Waals surface area contributed by atoms with Crippen molar-refractivity contribution >= 4 is 16.3 Å². The normalized spacial score (nSPS) is 21.1. The van der Waals surface area contributed by atoms with Crippen LogP contribution in [0, 0.1) is 0 Å². The quantitative estimate of drug-likeness (QED) is 0.403. The van der Waals surface area contributed by atoms with Gasteiger partial charge in [0.05, 0.1) is 6.61 Å². The van der Waals surface area contributed by atoms with E-state index in [9.17, 15) is 35.3 Å². The van der Waals surface area contributed by atoms with Gasteiger partial charge in [-0.2, -0.15) is 17.6 Å². The molecule has 1 rings (SSSR count). The van der Waals surface area contributed by atoms with Gasteiger partial charge in [0.25, 0.3) is 0 Å². The maximum absolute atomic E-state index is 12.9. The van der Waals surface area contributed by atoms with Crippen LogP contribution in [0.5, 0.6) is 0 Å². The second-order valence-corrected chi connectivity index (χ2v) is 4.83. The number of carbonyl (C=O) groups is 1. The Hall–Kier alpha value is -1.14. The first-order valence-corrected chi connectivity index (χ1v) is 6.04. The summed E-state index contributed by atoms with van der Waals surface area (Å²) in [6, 6.07) is 0. The number of halogens is 4. The largest absolute Gasteiger partial charge is 0.743 e. The lowest BCUT2D eigenvalue weighted by Gasteiger charge is -2.28. The van der Waals surface area contributed by atoms with Gasteiger partial charge in [-0.15, -0.1) is 0 Å². The summed E-state index contributed by atoms with van der Waals surface area (Å²) < 4.78 is 94.1. The van der Waals surface area contributed by atoms with Crippen molar-refractivity contribution in [3.63, 3.8) is 0 Å². The van der Waals surface area contributed by atoms with E-state index in [0.717, 1.165) is 0 Å². The lowest BCUT2D eigenvalue weighted by Crippen LogP contribution is -2.47. The summed E-state index contributed by atoms with van der Waals surface area (Å²) in [6.07, 6.45) is -4.22. The van der Waals surface area contributed by atoms with Crippen LogP contribution in [0.1, 0.15) is 6.42 Å². The summed E-state index contributed by atoms with van der Waals surface area (Å²) in [5.74, 6) is -5.11. The molecule has 0 amide bonds. The summed E-state index contributed by atoms with van der Waals surface area (Å²) in [7, 11) is -6.52. The van der Waals surface area contributed by atoms with E-state index in [2.05, 4.69) is 14.2 Å². The zero-order valence-corrected chi connectivity index (χ0v) is 9.79. The van der Waals surface area contributed by atoms with E-state index in [-0.39, 0.29) is 0 Å². The molecule has 1 aliphatic rings. The molecule has 1 aliphatic heterocycles. The third kappa shape index (κ3) is 3.45. The Morgan fingerprint density at radius 3 is 2.37 bits per heavy atom. The van der Waals surface area contributed by atoms with E-state index >= 15 is 0 Å². The van der Waals surface area contributed by atoms with Crippen molar-refractivity contribution in [2.24, 2.45) is 0 Å². The lowest BCUT2D eigenvalue weighted by molar-refractivity contribution is -0.180. The van der Waals surface area contributed by atoms with E-state index in [1.165, 1.54) is 0 Å². The van der Waals surface area contributed by atoms with Crippen LogP contribution in [0.2, 0.25) is 0 Å². The molecule has 112 valence electrons.